The van der Waals surface area contributed by atoms with Crippen molar-refractivity contribution in [2.75, 3.05) is 17.4 Å². The first-order valence-corrected chi connectivity index (χ1v) is 5.25. The van der Waals surface area contributed by atoms with Crippen LogP contribution >= 0.6 is 0 Å². The molecule has 1 amide bonds. The third-order valence-corrected chi connectivity index (χ3v) is 2.65. The molecule has 2 N–H and O–H groups in total. The van der Waals surface area contributed by atoms with Crippen LogP contribution in [0, 0.1) is 0 Å². The molecule has 0 atom stereocenters. The molecular weight excluding hydrogens is 234 g/mol. The fourth-order valence-electron chi connectivity index (χ4n) is 1.55. The number of nitrogens with one attached hydrogen (secondary N) is 1. The molecule has 0 aliphatic carbocycles. The second kappa shape index (κ2) is 4.84. The van der Waals surface area contributed by atoms with Crippen LogP contribution in [-0.2, 0) is 7.05 Å². The molecule has 0 spiro atoms. The topological polar surface area (TPSA) is 83.3 Å². The van der Waals surface area contributed by atoms with Crippen LogP contribution < -0.4 is 10.4 Å². The molecule has 94 valence electrons. The summed E-state index contributed by atoms with van der Waals surface area (Å²) in [5, 5.41) is 8.80. The molecule has 0 saturated carbocycles. The summed E-state index contributed by atoms with van der Waals surface area (Å²) in [4.78, 5) is 21.5. The molecule has 0 radical (unpaired) electrons. The molecule has 18 heavy (non-hydrogen) atoms. The molecule has 2 rings (SSSR count). The zero-order chi connectivity index (χ0) is 13.1. The number of rotatable bonds is 3. The van der Waals surface area contributed by atoms with E-state index >= 15 is 0 Å². The maximum atomic E-state index is 12.2. The number of amides is 1. The summed E-state index contributed by atoms with van der Waals surface area (Å²) in [7, 11) is 3.29. The van der Waals surface area contributed by atoms with Gasteiger partial charge in [0.05, 0.1) is 18.1 Å². The minimum atomic E-state index is -0.237. The van der Waals surface area contributed by atoms with Gasteiger partial charge in [0.2, 0.25) is 5.95 Å². The molecule has 0 unspecified atom stereocenters. The number of imidazole rings is 1. The Balaban J connectivity index is 2.29. The number of aromatic nitrogens is 3. The van der Waals surface area contributed by atoms with Gasteiger partial charge < -0.3 is 9.47 Å². The predicted molar refractivity (Wildman–Crippen MR) is 65.6 cm³/mol. The van der Waals surface area contributed by atoms with Gasteiger partial charge in [0.25, 0.3) is 5.91 Å². The van der Waals surface area contributed by atoms with E-state index in [1.807, 2.05) is 5.48 Å². The average Bonchev–Trinajstić information content (AvgIpc) is 2.79. The molecule has 0 saturated heterocycles. The quantitative estimate of drug-likeness (QED) is 0.787. The molecule has 2 aromatic rings. The first-order valence-electron chi connectivity index (χ1n) is 5.25. The molecule has 0 bridgehead atoms. The van der Waals surface area contributed by atoms with Crippen LogP contribution in [0.2, 0.25) is 0 Å². The van der Waals surface area contributed by atoms with Crippen molar-refractivity contribution in [3.63, 3.8) is 0 Å². The Bertz CT molecular complexity index is 552. The van der Waals surface area contributed by atoms with E-state index in [2.05, 4.69) is 9.97 Å². The molecule has 7 heteroatoms. The van der Waals surface area contributed by atoms with Gasteiger partial charge in [-0.1, -0.05) is 0 Å². The Morgan fingerprint density at radius 3 is 2.83 bits per heavy atom. The number of hydrogen-bond acceptors (Lipinski definition) is 5. The van der Waals surface area contributed by atoms with Crippen LogP contribution in [0.5, 0.6) is 0 Å². The minimum Gasteiger partial charge on any atom is -0.309 e. The van der Waals surface area contributed by atoms with Crippen molar-refractivity contribution < 1.29 is 10.0 Å². The minimum absolute atomic E-state index is 0.206. The third-order valence-electron chi connectivity index (χ3n) is 2.65. The Morgan fingerprint density at radius 1 is 1.50 bits per heavy atom. The van der Waals surface area contributed by atoms with Crippen molar-refractivity contribution in [2.45, 2.75) is 0 Å². The molecular formula is C11H13N5O2. The molecule has 0 aliphatic rings. The first-order chi connectivity index (χ1) is 8.65. The van der Waals surface area contributed by atoms with E-state index in [9.17, 15) is 4.79 Å². The summed E-state index contributed by atoms with van der Waals surface area (Å²) in [6, 6.07) is 3.54. The van der Waals surface area contributed by atoms with E-state index in [1.54, 1.807) is 38.6 Å². The highest BCUT2D eigenvalue weighted by molar-refractivity contribution is 6.04. The van der Waals surface area contributed by atoms with Crippen molar-refractivity contribution in [3.05, 3.63) is 36.4 Å². The zero-order valence-corrected chi connectivity index (χ0v) is 10.0. The van der Waals surface area contributed by atoms with E-state index in [0.717, 1.165) is 0 Å². The maximum absolute atomic E-state index is 12.2. The fraction of sp³-hybridized carbons (Fsp3) is 0.182. The number of hydrogen-bond donors (Lipinski definition) is 2. The van der Waals surface area contributed by atoms with Gasteiger partial charge in [-0.2, -0.15) is 0 Å². The van der Waals surface area contributed by atoms with Crippen LogP contribution in [0.1, 0.15) is 10.5 Å². The van der Waals surface area contributed by atoms with Crippen LogP contribution in [0.15, 0.2) is 30.7 Å². The number of nitrogens with zero attached hydrogens (tertiary/aromatic N) is 4. The van der Waals surface area contributed by atoms with Gasteiger partial charge in [0.1, 0.15) is 5.69 Å². The summed E-state index contributed by atoms with van der Waals surface area (Å²) in [5.74, 6) is -0.0302. The first kappa shape index (κ1) is 12.1. The van der Waals surface area contributed by atoms with E-state index in [1.165, 1.54) is 15.7 Å². The van der Waals surface area contributed by atoms with Crippen molar-refractivity contribution in [1.82, 2.24) is 14.5 Å². The lowest BCUT2D eigenvalue weighted by atomic mass is 10.3. The van der Waals surface area contributed by atoms with Crippen LogP contribution in [0.25, 0.3) is 0 Å². The summed E-state index contributed by atoms with van der Waals surface area (Å²) in [6.45, 7) is 0. The van der Waals surface area contributed by atoms with Gasteiger partial charge in [-0.25, -0.2) is 10.5 Å². The highest BCUT2D eigenvalue weighted by Crippen LogP contribution is 2.15. The second-order valence-corrected chi connectivity index (χ2v) is 3.71. The molecule has 7 nitrogen and oxygen atoms in total. The second-order valence-electron chi connectivity index (χ2n) is 3.71. The standard InChI is InChI=1S/C11H13N5O2/c1-15(8-4-3-5-12-6-8)10(17)9-7-13-11(14-18)16(9)2/h3-7,18H,1-2H3,(H,13,14). The van der Waals surface area contributed by atoms with E-state index in [-0.39, 0.29) is 11.9 Å². The highest BCUT2D eigenvalue weighted by Gasteiger charge is 2.18. The van der Waals surface area contributed by atoms with Gasteiger partial charge in [-0.05, 0) is 12.1 Å². The number of carbonyl (C=O) groups is 1. The smallest absolute Gasteiger partial charge is 0.276 e. The van der Waals surface area contributed by atoms with Crippen molar-refractivity contribution in [2.24, 2.45) is 7.05 Å². The Morgan fingerprint density at radius 2 is 2.28 bits per heavy atom. The summed E-state index contributed by atoms with van der Waals surface area (Å²) in [6.07, 6.45) is 4.63. The van der Waals surface area contributed by atoms with Gasteiger partial charge in [0.15, 0.2) is 0 Å². The lowest BCUT2D eigenvalue weighted by molar-refractivity contribution is 0.0985. The Kier molecular flexibility index (Phi) is 3.24. The van der Waals surface area contributed by atoms with Crippen LogP contribution in [0.4, 0.5) is 11.6 Å². The Labute approximate surface area is 104 Å². The average molecular weight is 247 g/mol. The van der Waals surface area contributed by atoms with Gasteiger partial charge in [0, 0.05) is 20.3 Å². The number of pyridine rings is 1. The fourth-order valence-corrected chi connectivity index (χ4v) is 1.55. The van der Waals surface area contributed by atoms with E-state index in [0.29, 0.717) is 11.4 Å². The van der Waals surface area contributed by atoms with Crippen molar-refractivity contribution >= 4 is 17.5 Å². The lowest BCUT2D eigenvalue weighted by Crippen LogP contribution is -2.28. The number of carbonyl (C=O) groups excluding carboxylic acids is 1. The summed E-state index contributed by atoms with van der Waals surface area (Å²) >= 11 is 0. The van der Waals surface area contributed by atoms with E-state index in [4.69, 9.17) is 5.21 Å². The van der Waals surface area contributed by atoms with Crippen LogP contribution in [0.3, 0.4) is 0 Å². The van der Waals surface area contributed by atoms with Gasteiger partial charge >= 0.3 is 0 Å². The molecule has 0 aliphatic heterocycles. The maximum Gasteiger partial charge on any atom is 0.276 e. The molecule has 2 aromatic heterocycles. The molecule has 0 fully saturated rings. The lowest BCUT2D eigenvalue weighted by Gasteiger charge is -2.16. The summed E-state index contributed by atoms with van der Waals surface area (Å²) in [5.41, 5.74) is 2.96. The van der Waals surface area contributed by atoms with Crippen LogP contribution in [-0.4, -0.2) is 32.7 Å². The zero-order valence-electron chi connectivity index (χ0n) is 10.0. The largest absolute Gasteiger partial charge is 0.309 e. The normalized spacial score (nSPS) is 10.2. The third kappa shape index (κ3) is 2.03. The number of anilines is 2. The van der Waals surface area contributed by atoms with Crippen molar-refractivity contribution in [3.8, 4) is 0 Å². The van der Waals surface area contributed by atoms with E-state index < -0.39 is 0 Å². The summed E-state index contributed by atoms with van der Waals surface area (Å²) < 4.78 is 1.47. The SMILES string of the molecule is CN(C(=O)c1cnc(NO)n1C)c1cccnc1. The Hall–Kier alpha value is -2.41. The predicted octanol–water partition coefficient (Wildman–Crippen LogP) is 0.893. The highest BCUT2D eigenvalue weighted by atomic mass is 16.5. The van der Waals surface area contributed by atoms with Crippen molar-refractivity contribution in [1.29, 1.82) is 0 Å². The van der Waals surface area contributed by atoms with Gasteiger partial charge in [-0.3, -0.25) is 15.0 Å². The molecule has 2 heterocycles. The molecule has 0 aromatic carbocycles. The monoisotopic (exact) mass is 247 g/mol. The van der Waals surface area contributed by atoms with Gasteiger partial charge in [-0.15, -0.1) is 0 Å².